The second kappa shape index (κ2) is 10.0. The maximum Gasteiger partial charge on any atom is 0.416 e. The van der Waals surface area contributed by atoms with Gasteiger partial charge in [-0.2, -0.15) is 13.2 Å². The fourth-order valence-corrected chi connectivity index (χ4v) is 2.71. The van der Waals surface area contributed by atoms with Crippen LogP contribution in [0.5, 0.6) is 0 Å². The van der Waals surface area contributed by atoms with Gasteiger partial charge in [0.2, 0.25) is 11.8 Å². The lowest BCUT2D eigenvalue weighted by atomic mass is 10.1. The smallest absolute Gasteiger partial charge is 0.395 e. The molecule has 0 aliphatic heterocycles. The zero-order chi connectivity index (χ0) is 22.3. The minimum absolute atomic E-state index is 0.101. The van der Waals surface area contributed by atoms with Crippen molar-refractivity contribution in [2.45, 2.75) is 25.9 Å². The molecule has 0 aromatic heterocycles. The predicted octanol–water partition coefficient (Wildman–Crippen LogP) is 3.84. The first kappa shape index (κ1) is 23.1. The third-order valence-corrected chi connectivity index (χ3v) is 4.30. The van der Waals surface area contributed by atoms with Gasteiger partial charge in [-0.3, -0.25) is 9.59 Å². The molecular weight excluding hydrogens is 399 g/mol. The molecule has 0 heterocycles. The number of aliphatic hydroxyl groups is 1. The molecule has 9 heteroatoms. The second-order valence-electron chi connectivity index (χ2n) is 6.56. The summed E-state index contributed by atoms with van der Waals surface area (Å²) in [5, 5.41) is 19.4. The molecule has 2 aromatic carbocycles. The van der Waals surface area contributed by atoms with Crippen LogP contribution < -0.4 is 10.2 Å². The van der Waals surface area contributed by atoms with Gasteiger partial charge >= 0.3 is 6.18 Å². The van der Waals surface area contributed by atoms with Crippen LogP contribution in [0.1, 0.15) is 30.9 Å². The topological polar surface area (TPSA) is 93.5 Å². The molecule has 2 aromatic rings. The Kier molecular flexibility index (Phi) is 7.71. The van der Waals surface area contributed by atoms with Gasteiger partial charge in [0.25, 0.3) is 0 Å². The Morgan fingerprint density at radius 3 is 2.13 bits per heavy atom. The minimum atomic E-state index is -4.49. The molecule has 0 bridgehead atoms. The lowest BCUT2D eigenvalue weighted by molar-refractivity contribution is -0.137. The summed E-state index contributed by atoms with van der Waals surface area (Å²) < 4.78 is 38.1. The van der Waals surface area contributed by atoms with Gasteiger partial charge in [-0.1, -0.05) is 12.1 Å². The average molecular weight is 421 g/mol. The molecule has 0 fully saturated rings. The highest BCUT2D eigenvalue weighted by atomic mass is 19.4. The number of anilines is 2. The van der Waals surface area contributed by atoms with Crippen LogP contribution in [0.15, 0.2) is 48.5 Å². The van der Waals surface area contributed by atoms with E-state index in [-0.39, 0.29) is 31.7 Å². The monoisotopic (exact) mass is 421 g/mol. The standard InChI is InChI=1S/C21H22F3N3O3/c1-14(25)15-2-6-17(7-3-15)26-19(29)10-11-20(30)27(12-13-28)18-8-4-16(5-9-18)21(22,23)24/h2-9,25,28H,10-13H2,1H3,(H,26,29). The Morgan fingerprint density at radius 2 is 1.63 bits per heavy atom. The Morgan fingerprint density at radius 1 is 1.03 bits per heavy atom. The largest absolute Gasteiger partial charge is 0.416 e. The predicted molar refractivity (Wildman–Crippen MR) is 108 cm³/mol. The normalized spacial score (nSPS) is 11.1. The molecule has 2 amide bonds. The molecule has 160 valence electrons. The maximum absolute atomic E-state index is 12.7. The molecule has 0 radical (unpaired) electrons. The number of carbonyl (C=O) groups is 2. The van der Waals surface area contributed by atoms with E-state index < -0.39 is 23.6 Å². The summed E-state index contributed by atoms with van der Waals surface area (Å²) in [6.45, 7) is 1.17. The summed E-state index contributed by atoms with van der Waals surface area (Å²) in [6.07, 6.45) is -4.80. The van der Waals surface area contributed by atoms with Crippen molar-refractivity contribution in [1.29, 1.82) is 5.41 Å². The van der Waals surface area contributed by atoms with Crippen LogP contribution in [0.2, 0.25) is 0 Å². The first-order chi connectivity index (χ1) is 14.1. The highest BCUT2D eigenvalue weighted by Gasteiger charge is 2.30. The van der Waals surface area contributed by atoms with Crippen molar-refractivity contribution in [3.05, 3.63) is 59.7 Å². The number of hydrogen-bond acceptors (Lipinski definition) is 4. The number of alkyl halides is 3. The number of carbonyl (C=O) groups excluding carboxylic acids is 2. The van der Waals surface area contributed by atoms with E-state index in [2.05, 4.69) is 5.32 Å². The van der Waals surface area contributed by atoms with E-state index in [1.54, 1.807) is 31.2 Å². The number of rotatable bonds is 8. The number of hydrogen-bond donors (Lipinski definition) is 3. The lowest BCUT2D eigenvalue weighted by Gasteiger charge is -2.22. The number of aliphatic hydroxyl groups excluding tert-OH is 1. The number of halogens is 3. The summed E-state index contributed by atoms with van der Waals surface area (Å²) in [5.41, 5.74) is 1.00. The number of amides is 2. The van der Waals surface area contributed by atoms with Gasteiger partial charge in [0.05, 0.1) is 12.2 Å². The first-order valence-electron chi connectivity index (χ1n) is 9.15. The molecular formula is C21H22F3N3O3. The van der Waals surface area contributed by atoms with Gasteiger partial charge in [-0.25, -0.2) is 0 Å². The van der Waals surface area contributed by atoms with Gasteiger partial charge in [0, 0.05) is 36.5 Å². The number of nitrogens with one attached hydrogen (secondary N) is 2. The van der Waals surface area contributed by atoms with E-state index in [9.17, 15) is 27.9 Å². The number of nitrogens with zero attached hydrogens (tertiary/aromatic N) is 1. The summed E-state index contributed by atoms with van der Waals surface area (Å²) >= 11 is 0. The third kappa shape index (κ3) is 6.41. The van der Waals surface area contributed by atoms with E-state index in [0.29, 0.717) is 11.4 Å². The van der Waals surface area contributed by atoms with Crippen molar-refractivity contribution < 1.29 is 27.9 Å². The van der Waals surface area contributed by atoms with Crippen LogP contribution in [0, 0.1) is 5.41 Å². The molecule has 0 aliphatic rings. The Labute approximate surface area is 171 Å². The van der Waals surface area contributed by atoms with E-state index in [1.807, 2.05) is 0 Å². The van der Waals surface area contributed by atoms with Crippen LogP contribution in [0.3, 0.4) is 0 Å². The van der Waals surface area contributed by atoms with E-state index in [0.717, 1.165) is 34.7 Å². The van der Waals surface area contributed by atoms with E-state index >= 15 is 0 Å². The van der Waals surface area contributed by atoms with Gasteiger partial charge < -0.3 is 20.7 Å². The summed E-state index contributed by atoms with van der Waals surface area (Å²) in [6, 6.07) is 10.7. The molecule has 2 rings (SSSR count). The van der Waals surface area contributed by atoms with Crippen LogP contribution in [0.4, 0.5) is 24.5 Å². The van der Waals surface area contributed by atoms with Gasteiger partial charge in [-0.15, -0.1) is 0 Å². The zero-order valence-electron chi connectivity index (χ0n) is 16.3. The summed E-state index contributed by atoms with van der Waals surface area (Å²) in [5.74, 6) is -0.896. The van der Waals surface area contributed by atoms with Crippen molar-refractivity contribution in [1.82, 2.24) is 0 Å². The van der Waals surface area contributed by atoms with Crippen molar-refractivity contribution >= 4 is 28.9 Å². The number of benzene rings is 2. The Hall–Kier alpha value is -3.20. The SMILES string of the molecule is CC(=N)c1ccc(NC(=O)CCC(=O)N(CCO)c2ccc(C(F)(F)F)cc2)cc1. The molecule has 0 saturated carbocycles. The highest BCUT2D eigenvalue weighted by molar-refractivity contribution is 5.99. The Bertz CT molecular complexity index is 894. The van der Waals surface area contributed by atoms with Crippen LogP contribution >= 0.6 is 0 Å². The molecule has 30 heavy (non-hydrogen) atoms. The Balaban J connectivity index is 1.97. The van der Waals surface area contributed by atoms with Crippen LogP contribution in [-0.2, 0) is 15.8 Å². The van der Waals surface area contributed by atoms with Gasteiger partial charge in [0.15, 0.2) is 0 Å². The third-order valence-electron chi connectivity index (χ3n) is 4.30. The quantitative estimate of drug-likeness (QED) is 0.566. The summed E-state index contributed by atoms with van der Waals surface area (Å²) in [4.78, 5) is 25.7. The molecule has 0 spiro atoms. The van der Waals surface area contributed by atoms with Crippen molar-refractivity contribution in [2.24, 2.45) is 0 Å². The van der Waals surface area contributed by atoms with Gasteiger partial charge in [0.1, 0.15) is 0 Å². The molecule has 0 unspecified atom stereocenters. The highest BCUT2D eigenvalue weighted by Crippen LogP contribution is 2.30. The fraction of sp³-hybridized carbons (Fsp3) is 0.286. The minimum Gasteiger partial charge on any atom is -0.395 e. The fourth-order valence-electron chi connectivity index (χ4n) is 2.71. The van der Waals surface area contributed by atoms with Crippen LogP contribution in [0.25, 0.3) is 0 Å². The van der Waals surface area contributed by atoms with Crippen molar-refractivity contribution in [3.63, 3.8) is 0 Å². The van der Waals surface area contributed by atoms with E-state index in [4.69, 9.17) is 5.41 Å². The lowest BCUT2D eigenvalue weighted by Crippen LogP contribution is -2.34. The molecule has 3 N–H and O–H groups in total. The van der Waals surface area contributed by atoms with Gasteiger partial charge in [-0.05, 0) is 48.9 Å². The molecule has 0 aliphatic carbocycles. The maximum atomic E-state index is 12.7. The van der Waals surface area contributed by atoms with Crippen molar-refractivity contribution in [2.75, 3.05) is 23.4 Å². The molecule has 6 nitrogen and oxygen atoms in total. The average Bonchev–Trinajstić information content (AvgIpc) is 2.70. The van der Waals surface area contributed by atoms with Crippen molar-refractivity contribution in [3.8, 4) is 0 Å². The molecule has 0 saturated heterocycles. The molecule has 0 atom stereocenters. The second-order valence-corrected chi connectivity index (χ2v) is 6.56. The van der Waals surface area contributed by atoms with E-state index in [1.165, 1.54) is 0 Å². The first-order valence-corrected chi connectivity index (χ1v) is 9.15. The summed E-state index contributed by atoms with van der Waals surface area (Å²) in [7, 11) is 0. The zero-order valence-corrected chi connectivity index (χ0v) is 16.3. The van der Waals surface area contributed by atoms with Crippen LogP contribution in [-0.4, -0.2) is 35.8 Å².